The number of rotatable bonds is 8. The van der Waals surface area contributed by atoms with E-state index in [-0.39, 0.29) is 0 Å². The van der Waals surface area contributed by atoms with Gasteiger partial charge in [-0.05, 0) is 41.9 Å². The van der Waals surface area contributed by atoms with Crippen molar-refractivity contribution >= 4 is 0 Å². The topological polar surface area (TPSA) is 0 Å². The molecule has 0 aliphatic heterocycles. The predicted octanol–water partition coefficient (Wildman–Crippen LogP) is 6.01. The molecular formula is C17H36. The second kappa shape index (κ2) is 8.16. The van der Waals surface area contributed by atoms with E-state index in [0.717, 1.165) is 35.5 Å². The lowest BCUT2D eigenvalue weighted by atomic mass is 9.70. The first-order valence-corrected chi connectivity index (χ1v) is 7.84. The Bertz CT molecular complexity index is 182. The van der Waals surface area contributed by atoms with Crippen LogP contribution in [-0.4, -0.2) is 0 Å². The normalized spacial score (nSPS) is 21.0. The zero-order chi connectivity index (χ0) is 13.6. The zero-order valence-electron chi connectivity index (χ0n) is 13.6. The van der Waals surface area contributed by atoms with Gasteiger partial charge in [-0.25, -0.2) is 0 Å². The van der Waals surface area contributed by atoms with Crippen LogP contribution < -0.4 is 0 Å². The molecule has 0 amide bonds. The molecule has 5 unspecified atom stereocenters. The largest absolute Gasteiger partial charge is 0.0651 e. The maximum atomic E-state index is 2.49. The lowest BCUT2D eigenvalue weighted by Crippen LogP contribution is -2.27. The summed E-state index contributed by atoms with van der Waals surface area (Å²) in [5, 5.41) is 0. The van der Waals surface area contributed by atoms with Crippen molar-refractivity contribution in [1.29, 1.82) is 0 Å². The van der Waals surface area contributed by atoms with Gasteiger partial charge < -0.3 is 0 Å². The van der Waals surface area contributed by atoms with Crippen molar-refractivity contribution in [3.63, 3.8) is 0 Å². The Hall–Kier alpha value is 0. The maximum Gasteiger partial charge on any atom is -0.0386 e. The smallest absolute Gasteiger partial charge is 0.0386 e. The van der Waals surface area contributed by atoms with Crippen LogP contribution in [0.15, 0.2) is 0 Å². The Morgan fingerprint density at radius 3 is 1.53 bits per heavy atom. The molecule has 17 heavy (non-hydrogen) atoms. The van der Waals surface area contributed by atoms with Crippen LogP contribution in [0.2, 0.25) is 0 Å². The highest BCUT2D eigenvalue weighted by Crippen LogP contribution is 2.36. The lowest BCUT2D eigenvalue weighted by Gasteiger charge is -2.35. The summed E-state index contributed by atoms with van der Waals surface area (Å²) in [4.78, 5) is 0. The first-order chi connectivity index (χ1) is 7.84. The van der Waals surface area contributed by atoms with Crippen LogP contribution in [0.3, 0.4) is 0 Å². The Labute approximate surface area is 111 Å². The molecule has 0 saturated heterocycles. The van der Waals surface area contributed by atoms with Crippen LogP contribution >= 0.6 is 0 Å². The third kappa shape index (κ3) is 5.44. The van der Waals surface area contributed by atoms with Gasteiger partial charge in [0.05, 0.1) is 0 Å². The molecule has 0 heterocycles. The molecule has 0 spiro atoms. The minimum atomic E-state index is 0.841. The van der Waals surface area contributed by atoms with Crippen molar-refractivity contribution in [3.05, 3.63) is 0 Å². The quantitative estimate of drug-likeness (QED) is 0.487. The van der Waals surface area contributed by atoms with Gasteiger partial charge in [-0.1, -0.05) is 68.2 Å². The van der Waals surface area contributed by atoms with Crippen LogP contribution in [0.4, 0.5) is 0 Å². The van der Waals surface area contributed by atoms with Gasteiger partial charge in [0.25, 0.3) is 0 Å². The summed E-state index contributed by atoms with van der Waals surface area (Å²) in [7, 11) is 0. The molecule has 0 radical (unpaired) electrons. The first-order valence-electron chi connectivity index (χ1n) is 7.84. The van der Waals surface area contributed by atoms with Crippen molar-refractivity contribution in [2.75, 3.05) is 0 Å². The Kier molecular flexibility index (Phi) is 8.16. The van der Waals surface area contributed by atoms with Gasteiger partial charge in [-0.3, -0.25) is 0 Å². The summed E-state index contributed by atoms with van der Waals surface area (Å²) in [5.74, 6) is 5.20. The number of hydrogen-bond acceptors (Lipinski definition) is 0. The van der Waals surface area contributed by atoms with Gasteiger partial charge in [-0.2, -0.15) is 0 Å². The summed E-state index contributed by atoms with van der Waals surface area (Å²) >= 11 is 0. The first kappa shape index (κ1) is 17.0. The Balaban J connectivity index is 4.48. The Morgan fingerprint density at radius 2 is 1.18 bits per heavy atom. The molecule has 0 saturated carbocycles. The van der Waals surface area contributed by atoms with E-state index < -0.39 is 0 Å². The van der Waals surface area contributed by atoms with Crippen molar-refractivity contribution in [1.82, 2.24) is 0 Å². The van der Waals surface area contributed by atoms with Crippen molar-refractivity contribution < 1.29 is 0 Å². The fraction of sp³-hybridized carbons (Fsp3) is 1.00. The average molecular weight is 240 g/mol. The van der Waals surface area contributed by atoms with Crippen LogP contribution in [-0.2, 0) is 0 Å². The minimum absolute atomic E-state index is 0.841. The van der Waals surface area contributed by atoms with E-state index in [1.165, 1.54) is 19.3 Å². The molecule has 0 aromatic heterocycles. The highest BCUT2D eigenvalue weighted by atomic mass is 14.3. The van der Waals surface area contributed by atoms with Crippen LogP contribution in [0.25, 0.3) is 0 Å². The molecule has 0 aromatic carbocycles. The highest BCUT2D eigenvalue weighted by Gasteiger charge is 2.27. The molecule has 0 N–H and O–H groups in total. The molecule has 0 aliphatic rings. The van der Waals surface area contributed by atoms with Crippen molar-refractivity contribution in [2.45, 2.75) is 74.7 Å². The molecule has 0 bridgehead atoms. The van der Waals surface area contributed by atoms with Gasteiger partial charge in [0.1, 0.15) is 0 Å². The molecule has 0 rings (SSSR count). The molecule has 0 aromatic rings. The summed E-state index contributed by atoms with van der Waals surface area (Å²) in [6, 6.07) is 0. The molecule has 5 atom stereocenters. The fourth-order valence-electron chi connectivity index (χ4n) is 3.16. The van der Waals surface area contributed by atoms with Gasteiger partial charge in [-0.15, -0.1) is 0 Å². The second-order valence-corrected chi connectivity index (χ2v) is 6.76. The standard InChI is InChI=1S/C17H36/c1-9-13(5)14(6)15(7)16(8)17(10-2)11-12(3)4/h12-17H,9-11H2,1-8H3. The molecule has 0 aliphatic carbocycles. The SMILES string of the molecule is CCC(C)C(C)C(C)C(C)C(CC)CC(C)C. The maximum absolute atomic E-state index is 2.49. The lowest BCUT2D eigenvalue weighted by molar-refractivity contribution is 0.143. The molecule has 0 fully saturated rings. The predicted molar refractivity (Wildman–Crippen MR) is 80.2 cm³/mol. The molecular weight excluding hydrogens is 204 g/mol. The van der Waals surface area contributed by atoms with Crippen molar-refractivity contribution in [2.24, 2.45) is 35.5 Å². The third-order valence-electron chi connectivity index (χ3n) is 5.24. The van der Waals surface area contributed by atoms with Gasteiger partial charge in [0.2, 0.25) is 0 Å². The Morgan fingerprint density at radius 1 is 0.647 bits per heavy atom. The third-order valence-corrected chi connectivity index (χ3v) is 5.24. The molecule has 0 heteroatoms. The van der Waals surface area contributed by atoms with Crippen LogP contribution in [0.1, 0.15) is 74.7 Å². The van der Waals surface area contributed by atoms with Gasteiger partial charge >= 0.3 is 0 Å². The van der Waals surface area contributed by atoms with Crippen LogP contribution in [0.5, 0.6) is 0 Å². The zero-order valence-corrected chi connectivity index (χ0v) is 13.6. The number of hydrogen-bond donors (Lipinski definition) is 0. The van der Waals surface area contributed by atoms with E-state index in [1.54, 1.807) is 0 Å². The van der Waals surface area contributed by atoms with Crippen LogP contribution in [0, 0.1) is 35.5 Å². The van der Waals surface area contributed by atoms with Gasteiger partial charge in [0.15, 0.2) is 0 Å². The van der Waals surface area contributed by atoms with E-state index in [9.17, 15) is 0 Å². The minimum Gasteiger partial charge on any atom is -0.0651 e. The van der Waals surface area contributed by atoms with Crippen molar-refractivity contribution in [3.8, 4) is 0 Å². The molecule has 0 nitrogen and oxygen atoms in total. The fourth-order valence-corrected chi connectivity index (χ4v) is 3.16. The van der Waals surface area contributed by atoms with Gasteiger partial charge in [0, 0.05) is 0 Å². The van der Waals surface area contributed by atoms with E-state index in [2.05, 4.69) is 55.4 Å². The van der Waals surface area contributed by atoms with E-state index in [1.807, 2.05) is 0 Å². The summed E-state index contributed by atoms with van der Waals surface area (Å²) in [6.45, 7) is 19.2. The average Bonchev–Trinajstić information content (AvgIpc) is 2.31. The summed E-state index contributed by atoms with van der Waals surface area (Å²) in [5.41, 5.74) is 0. The van der Waals surface area contributed by atoms with E-state index in [4.69, 9.17) is 0 Å². The highest BCUT2D eigenvalue weighted by molar-refractivity contribution is 4.77. The van der Waals surface area contributed by atoms with E-state index >= 15 is 0 Å². The summed E-state index contributed by atoms with van der Waals surface area (Å²) < 4.78 is 0. The monoisotopic (exact) mass is 240 g/mol. The summed E-state index contributed by atoms with van der Waals surface area (Å²) in [6.07, 6.45) is 4.06. The van der Waals surface area contributed by atoms with E-state index in [0.29, 0.717) is 0 Å². The second-order valence-electron chi connectivity index (χ2n) is 6.76. The molecule has 104 valence electrons.